The summed E-state index contributed by atoms with van der Waals surface area (Å²) in [6, 6.07) is 0. The van der Waals surface area contributed by atoms with Gasteiger partial charge in [-0.25, -0.2) is 0 Å². The molecule has 69 heavy (non-hydrogen) atoms. The van der Waals surface area contributed by atoms with Gasteiger partial charge >= 0.3 is 23.9 Å². The molecule has 0 radical (unpaired) electrons. The Balaban J connectivity index is 1.77. The van der Waals surface area contributed by atoms with E-state index in [1.165, 1.54) is 77.0 Å². The van der Waals surface area contributed by atoms with Gasteiger partial charge in [0.25, 0.3) is 0 Å². The van der Waals surface area contributed by atoms with Crippen LogP contribution in [0.25, 0.3) is 0 Å². The van der Waals surface area contributed by atoms with Gasteiger partial charge in [-0.05, 0) is 107 Å². The molecular formula is C57H102N2O10. The number of aliphatic hydroxyl groups is 1. The number of amides is 1. The maximum Gasteiger partial charge on any atom is 0.305 e. The van der Waals surface area contributed by atoms with E-state index in [4.69, 9.17) is 18.9 Å². The van der Waals surface area contributed by atoms with Crippen LogP contribution in [0.15, 0.2) is 0 Å². The van der Waals surface area contributed by atoms with Gasteiger partial charge in [-0.2, -0.15) is 0 Å². The van der Waals surface area contributed by atoms with Crippen LogP contribution in [0.3, 0.4) is 0 Å². The van der Waals surface area contributed by atoms with Crippen molar-refractivity contribution in [3.63, 3.8) is 0 Å². The van der Waals surface area contributed by atoms with Crippen molar-refractivity contribution in [1.29, 1.82) is 0 Å². The molecule has 2 spiro atoms. The number of carbonyl (C=O) groups is 5. The van der Waals surface area contributed by atoms with Gasteiger partial charge in [-0.15, -0.1) is 0 Å². The van der Waals surface area contributed by atoms with E-state index in [1.54, 1.807) is 0 Å². The van der Waals surface area contributed by atoms with E-state index in [0.29, 0.717) is 115 Å². The number of nitrogens with zero attached hydrogens (tertiary/aromatic N) is 2. The van der Waals surface area contributed by atoms with E-state index in [-0.39, 0.29) is 79.7 Å². The number of likely N-dealkylation sites (N-methyl/N-ethyl adjacent to an activating group) is 1. The van der Waals surface area contributed by atoms with Crippen LogP contribution >= 0.6 is 0 Å². The van der Waals surface area contributed by atoms with Crippen molar-refractivity contribution in [2.45, 2.75) is 240 Å². The van der Waals surface area contributed by atoms with E-state index in [1.807, 2.05) is 16.8 Å². The third-order valence-corrected chi connectivity index (χ3v) is 16.3. The number of piperidine rings is 1. The van der Waals surface area contributed by atoms with Gasteiger partial charge < -0.3 is 33.9 Å². The molecule has 1 aliphatic carbocycles. The third kappa shape index (κ3) is 23.6. The van der Waals surface area contributed by atoms with Crippen molar-refractivity contribution in [3.05, 3.63) is 0 Å². The maximum absolute atomic E-state index is 13.5. The highest BCUT2D eigenvalue weighted by atomic mass is 16.6. The van der Waals surface area contributed by atoms with Crippen LogP contribution in [0, 0.1) is 28.1 Å². The molecule has 12 heteroatoms. The molecule has 0 bridgehead atoms. The quantitative estimate of drug-likeness (QED) is 0.0627. The first-order valence-corrected chi connectivity index (χ1v) is 28.6. The average molecular weight is 975 g/mol. The summed E-state index contributed by atoms with van der Waals surface area (Å²) in [6.07, 6.45) is 30.0. The van der Waals surface area contributed by atoms with E-state index >= 15 is 0 Å². The second-order valence-electron chi connectivity index (χ2n) is 22.2. The van der Waals surface area contributed by atoms with Gasteiger partial charge in [0.15, 0.2) is 0 Å². The first-order chi connectivity index (χ1) is 33.4. The fourth-order valence-electron chi connectivity index (χ4n) is 11.7. The van der Waals surface area contributed by atoms with Gasteiger partial charge in [-0.3, -0.25) is 24.0 Å². The molecule has 1 amide bonds. The Morgan fingerprint density at radius 1 is 0.623 bits per heavy atom. The molecule has 2 saturated heterocycles. The van der Waals surface area contributed by atoms with Gasteiger partial charge in [-0.1, -0.05) is 130 Å². The molecule has 0 aromatic heterocycles. The lowest BCUT2D eigenvalue weighted by Crippen LogP contribution is -2.53. The molecule has 2 aliphatic heterocycles. The molecule has 2 unspecified atom stereocenters. The normalized spacial score (nSPS) is 25.6. The highest BCUT2D eigenvalue weighted by Gasteiger charge is 2.57. The predicted molar refractivity (Wildman–Crippen MR) is 274 cm³/mol. The van der Waals surface area contributed by atoms with Crippen molar-refractivity contribution in [2.75, 3.05) is 66.3 Å². The topological polar surface area (TPSA) is 149 Å². The largest absolute Gasteiger partial charge is 0.465 e. The predicted octanol–water partition coefficient (Wildman–Crippen LogP) is 12.1. The first-order valence-electron chi connectivity index (χ1n) is 28.6. The van der Waals surface area contributed by atoms with Gasteiger partial charge in [0.1, 0.15) is 13.2 Å². The van der Waals surface area contributed by atoms with E-state index in [2.05, 4.69) is 27.7 Å². The Labute approximate surface area is 420 Å². The number of esters is 4. The summed E-state index contributed by atoms with van der Waals surface area (Å²) in [7, 11) is 1.88. The number of hydrogen-bond acceptors (Lipinski definition) is 11. The number of rotatable bonds is 22. The lowest BCUT2D eigenvalue weighted by atomic mass is 9.44. The van der Waals surface area contributed by atoms with E-state index < -0.39 is 5.41 Å². The van der Waals surface area contributed by atoms with Crippen LogP contribution < -0.4 is 0 Å². The molecule has 3 aliphatic rings. The molecule has 1 N–H and O–H groups in total. The van der Waals surface area contributed by atoms with Crippen molar-refractivity contribution < 1.29 is 48.0 Å². The number of carbonyl (C=O) groups excluding carboxylic acids is 5. The van der Waals surface area contributed by atoms with Crippen molar-refractivity contribution >= 4 is 29.8 Å². The molecule has 2 atom stereocenters. The number of aliphatic hydroxyl groups excluding tert-OH is 1. The van der Waals surface area contributed by atoms with Gasteiger partial charge in [0, 0.05) is 63.7 Å². The fraction of sp³-hybridized carbons (Fsp3) is 0.912. The summed E-state index contributed by atoms with van der Waals surface area (Å²) in [5, 5.41) is 9.23. The maximum atomic E-state index is 13.5. The molecule has 0 aromatic carbocycles. The monoisotopic (exact) mass is 975 g/mol. The lowest BCUT2D eigenvalue weighted by molar-refractivity contribution is -0.160. The molecule has 400 valence electrons. The number of likely N-dealkylation sites (tertiary alicyclic amines) is 1. The molecule has 3 fully saturated rings. The summed E-state index contributed by atoms with van der Waals surface area (Å²) in [4.78, 5) is 69.9. The number of cyclic esters (lactones) is 4. The Morgan fingerprint density at radius 3 is 1.67 bits per heavy atom. The van der Waals surface area contributed by atoms with Crippen LogP contribution in [0.2, 0.25) is 0 Å². The molecular weight excluding hydrogens is 873 g/mol. The van der Waals surface area contributed by atoms with Crippen LogP contribution in [-0.4, -0.2) is 111 Å². The standard InChI is InChI=1S/C57H102N2O10/c1-6-10-13-15-16-19-26-48-41-57(44-55(9-4,45-57)33-25-12-8-3)49(27-20-14-11-7-2)43-67-52(63)29-22-18-24-31-54(65)69-47-56(46-68-53(64)30-23-17-21-28-51(62)66-42-48)34-37-59(38-35-56)50(61)32-36-58(5)39-40-60/h48-49,60H,6-47H2,1-5H3. The van der Waals surface area contributed by atoms with Gasteiger partial charge in [0.05, 0.1) is 19.8 Å². The Bertz CT molecular complexity index is 1440. The summed E-state index contributed by atoms with van der Waals surface area (Å²) in [5.74, 6) is -0.403. The van der Waals surface area contributed by atoms with Crippen molar-refractivity contribution in [2.24, 2.45) is 28.1 Å². The van der Waals surface area contributed by atoms with E-state index in [9.17, 15) is 29.1 Å². The molecule has 1 saturated carbocycles. The second kappa shape index (κ2) is 34.6. The summed E-state index contributed by atoms with van der Waals surface area (Å²) in [6.45, 7) is 12.3. The minimum Gasteiger partial charge on any atom is -0.465 e. The SMILES string of the molecule is CCCCCCCCC1COC(=O)CCCCCC(=O)OCC2(CCN(C(=O)CCN(C)CCO)CC2)COC(=O)CCCCCC(=O)OCC(CCCCCC)C2(C1)CC(CC)(CCCCC)C2. The summed E-state index contributed by atoms with van der Waals surface area (Å²) < 4.78 is 24.2. The molecule has 0 aromatic rings. The average Bonchev–Trinajstić information content (AvgIpc) is 3.33. The van der Waals surface area contributed by atoms with Crippen molar-refractivity contribution in [1.82, 2.24) is 9.80 Å². The van der Waals surface area contributed by atoms with Crippen molar-refractivity contribution in [3.8, 4) is 0 Å². The third-order valence-electron chi connectivity index (χ3n) is 16.3. The van der Waals surface area contributed by atoms with E-state index in [0.717, 1.165) is 51.4 Å². The van der Waals surface area contributed by atoms with Crippen LogP contribution in [0.1, 0.15) is 240 Å². The zero-order chi connectivity index (χ0) is 50.2. The highest BCUT2D eigenvalue weighted by Crippen LogP contribution is 2.65. The molecule has 3 rings (SSSR count). The van der Waals surface area contributed by atoms with Crippen LogP contribution in [0.4, 0.5) is 0 Å². The summed E-state index contributed by atoms with van der Waals surface area (Å²) in [5.41, 5.74) is -0.246. The first kappa shape index (κ1) is 60.6. The number of ether oxygens (including phenoxy) is 4. The Kier molecular flexibility index (Phi) is 30.4. The minimum atomic E-state index is -0.598. The Morgan fingerprint density at radius 2 is 1.12 bits per heavy atom. The lowest BCUT2D eigenvalue weighted by Gasteiger charge is -2.61. The smallest absolute Gasteiger partial charge is 0.305 e. The Hall–Kier alpha value is -2.73. The molecule has 12 nitrogen and oxygen atoms in total. The number of hydrogen-bond donors (Lipinski definition) is 1. The fourth-order valence-corrected chi connectivity index (χ4v) is 11.7. The zero-order valence-electron chi connectivity index (χ0n) is 44.9. The van der Waals surface area contributed by atoms with Crippen LogP contribution in [0.5, 0.6) is 0 Å². The zero-order valence-corrected chi connectivity index (χ0v) is 44.9. The number of unbranched alkanes of at least 4 members (excludes halogenated alkanes) is 10. The van der Waals surface area contributed by atoms with Crippen LogP contribution in [-0.2, 0) is 42.9 Å². The van der Waals surface area contributed by atoms with Gasteiger partial charge in [0.2, 0.25) is 5.91 Å². The minimum absolute atomic E-state index is 0.0384. The second-order valence-corrected chi connectivity index (χ2v) is 22.2. The summed E-state index contributed by atoms with van der Waals surface area (Å²) >= 11 is 0. The molecule has 2 heterocycles. The highest BCUT2D eigenvalue weighted by molar-refractivity contribution is 5.76.